The Labute approximate surface area is 142 Å². The summed E-state index contributed by atoms with van der Waals surface area (Å²) in [5.41, 5.74) is -1.51. The summed E-state index contributed by atoms with van der Waals surface area (Å²) in [6.07, 6.45) is 3.01. The molecule has 2 aromatic heterocycles. The van der Waals surface area contributed by atoms with Gasteiger partial charge in [0.15, 0.2) is 6.39 Å². The Hall–Kier alpha value is -2.68. The van der Waals surface area contributed by atoms with Gasteiger partial charge >= 0.3 is 5.69 Å². The van der Waals surface area contributed by atoms with Gasteiger partial charge in [0.05, 0.1) is 18.3 Å². The minimum Gasteiger partial charge on any atom is -0.438 e. The van der Waals surface area contributed by atoms with Crippen LogP contribution in [0.15, 0.2) is 26.6 Å². The molecule has 9 heteroatoms. The fraction of sp³-hybridized carbons (Fsp3) is 0.500. The number of aromatic amines is 1. The van der Waals surface area contributed by atoms with Crippen LogP contribution in [-0.2, 0) is 0 Å². The number of rotatable bonds is 2. The molecule has 2 N–H and O–H groups in total. The van der Waals surface area contributed by atoms with E-state index >= 15 is 0 Å². The number of nitrogens with one attached hydrogen (secondary N) is 1. The molecule has 3 heterocycles. The fourth-order valence-corrected chi connectivity index (χ4v) is 3.24. The molecule has 1 fully saturated rings. The van der Waals surface area contributed by atoms with Gasteiger partial charge in [-0.2, -0.15) is 0 Å². The smallest absolute Gasteiger partial charge is 0.328 e. The highest BCUT2D eigenvalue weighted by Gasteiger charge is 2.42. The summed E-state index contributed by atoms with van der Waals surface area (Å²) in [6.45, 7) is 5.20. The molecule has 25 heavy (non-hydrogen) atoms. The van der Waals surface area contributed by atoms with E-state index in [4.69, 9.17) is 4.42 Å². The van der Waals surface area contributed by atoms with Crippen LogP contribution in [-0.4, -0.2) is 49.1 Å². The molecule has 0 aromatic carbocycles. The maximum atomic E-state index is 12.5. The Kier molecular flexibility index (Phi) is 4.11. The van der Waals surface area contributed by atoms with Gasteiger partial charge in [-0.3, -0.25) is 19.1 Å². The molecule has 0 bridgehead atoms. The van der Waals surface area contributed by atoms with Crippen molar-refractivity contribution >= 4 is 5.91 Å². The Morgan fingerprint density at radius 3 is 2.76 bits per heavy atom. The predicted molar refractivity (Wildman–Crippen MR) is 87.5 cm³/mol. The van der Waals surface area contributed by atoms with Gasteiger partial charge in [-0.05, 0) is 27.2 Å². The van der Waals surface area contributed by atoms with Crippen molar-refractivity contribution < 1.29 is 14.3 Å². The van der Waals surface area contributed by atoms with E-state index in [9.17, 15) is 19.5 Å². The first kappa shape index (κ1) is 17.2. The van der Waals surface area contributed by atoms with Crippen LogP contribution in [0.3, 0.4) is 0 Å². The van der Waals surface area contributed by atoms with Crippen LogP contribution in [0.5, 0.6) is 0 Å². The van der Waals surface area contributed by atoms with Crippen LogP contribution in [0, 0.1) is 13.8 Å². The van der Waals surface area contributed by atoms with Crippen molar-refractivity contribution in [3.8, 4) is 0 Å². The van der Waals surface area contributed by atoms with Crippen LogP contribution in [0.25, 0.3) is 0 Å². The van der Waals surface area contributed by atoms with E-state index in [1.54, 1.807) is 20.8 Å². The number of carbonyl (C=O) groups is 1. The molecule has 0 radical (unpaired) electrons. The molecular formula is C16H20N4O5. The van der Waals surface area contributed by atoms with Crippen LogP contribution in [0.2, 0.25) is 0 Å². The molecule has 1 saturated heterocycles. The number of oxazole rings is 1. The monoisotopic (exact) mass is 348 g/mol. The minimum absolute atomic E-state index is 0.0290. The third-order valence-electron chi connectivity index (χ3n) is 4.61. The van der Waals surface area contributed by atoms with E-state index in [1.807, 2.05) is 0 Å². The molecule has 0 spiro atoms. The number of β-amino-alcohol motifs (C(OH)–C–C–N with tert-alkyl or cyclic N) is 1. The van der Waals surface area contributed by atoms with Crippen LogP contribution in [0.4, 0.5) is 0 Å². The molecule has 2 aromatic rings. The Bertz CT molecular complexity index is 923. The number of aryl methyl sites for hydroxylation is 2. The second kappa shape index (κ2) is 5.99. The maximum absolute atomic E-state index is 12.5. The van der Waals surface area contributed by atoms with E-state index in [1.165, 1.54) is 22.1 Å². The highest BCUT2D eigenvalue weighted by atomic mass is 16.4. The van der Waals surface area contributed by atoms with Crippen molar-refractivity contribution in [2.75, 3.05) is 13.1 Å². The summed E-state index contributed by atoms with van der Waals surface area (Å²) in [5.74, 6) is -0.204. The molecule has 1 aliphatic heterocycles. The lowest BCUT2D eigenvalue weighted by Crippen LogP contribution is -2.56. The topological polar surface area (TPSA) is 121 Å². The first-order valence-corrected chi connectivity index (χ1v) is 7.94. The van der Waals surface area contributed by atoms with Crippen molar-refractivity contribution in [1.82, 2.24) is 19.4 Å². The minimum atomic E-state index is -1.35. The third-order valence-corrected chi connectivity index (χ3v) is 4.61. The van der Waals surface area contributed by atoms with E-state index in [2.05, 4.69) is 9.97 Å². The summed E-state index contributed by atoms with van der Waals surface area (Å²) < 4.78 is 6.46. The largest absolute Gasteiger partial charge is 0.438 e. The Morgan fingerprint density at radius 2 is 2.16 bits per heavy atom. The number of carbonyl (C=O) groups excluding carboxylic acids is 1. The second-order valence-corrected chi connectivity index (χ2v) is 6.63. The zero-order valence-electron chi connectivity index (χ0n) is 14.3. The molecule has 0 unspecified atom stereocenters. The van der Waals surface area contributed by atoms with Crippen molar-refractivity contribution in [3.63, 3.8) is 0 Å². The van der Waals surface area contributed by atoms with Gasteiger partial charge in [0.1, 0.15) is 5.60 Å². The van der Waals surface area contributed by atoms with Gasteiger partial charge in [-0.15, -0.1) is 0 Å². The average molecular weight is 348 g/mol. The van der Waals surface area contributed by atoms with Crippen molar-refractivity contribution in [3.05, 3.63) is 50.4 Å². The highest BCUT2D eigenvalue weighted by molar-refractivity contribution is 5.92. The summed E-state index contributed by atoms with van der Waals surface area (Å²) in [5, 5.41) is 10.9. The fourth-order valence-electron chi connectivity index (χ4n) is 3.24. The zero-order chi connectivity index (χ0) is 18.4. The number of likely N-dealkylation sites (tertiary alicyclic amines) is 1. The molecule has 3 rings (SSSR count). The van der Waals surface area contributed by atoms with Crippen molar-refractivity contribution in [2.24, 2.45) is 0 Å². The Balaban J connectivity index is 1.88. The maximum Gasteiger partial charge on any atom is 0.328 e. The van der Waals surface area contributed by atoms with Gasteiger partial charge in [-0.25, -0.2) is 9.78 Å². The number of aliphatic hydroxyl groups is 1. The molecular weight excluding hydrogens is 328 g/mol. The van der Waals surface area contributed by atoms with Gasteiger partial charge in [-0.1, -0.05) is 0 Å². The SMILES string of the molecule is Cc1ncoc1C(=O)N1CC[C@H](n2cc(C)c(=O)[nH]c2=O)[C@@](C)(O)C1. The Morgan fingerprint density at radius 1 is 1.44 bits per heavy atom. The van der Waals surface area contributed by atoms with Gasteiger partial charge in [0.25, 0.3) is 11.5 Å². The molecule has 1 aliphatic rings. The first-order chi connectivity index (χ1) is 11.7. The molecule has 0 saturated carbocycles. The van der Waals surface area contributed by atoms with Gasteiger partial charge in [0.2, 0.25) is 5.76 Å². The number of hydrogen-bond donors (Lipinski definition) is 2. The normalized spacial score (nSPS) is 23.7. The van der Waals surface area contributed by atoms with Crippen molar-refractivity contribution in [1.29, 1.82) is 0 Å². The molecule has 1 amide bonds. The quantitative estimate of drug-likeness (QED) is 0.787. The van der Waals surface area contributed by atoms with E-state index in [0.717, 1.165) is 0 Å². The summed E-state index contributed by atoms with van der Waals surface area (Å²) in [6, 6.07) is -0.560. The average Bonchev–Trinajstić information content (AvgIpc) is 2.96. The predicted octanol–water partition coefficient (Wildman–Crippen LogP) is -0.0204. The molecule has 0 aliphatic carbocycles. The lowest BCUT2D eigenvalue weighted by Gasteiger charge is -2.43. The number of H-pyrrole nitrogens is 1. The van der Waals surface area contributed by atoms with Crippen LogP contribution >= 0.6 is 0 Å². The van der Waals surface area contributed by atoms with Crippen LogP contribution < -0.4 is 11.2 Å². The molecule has 9 nitrogen and oxygen atoms in total. The standard InChI is InChI=1S/C16H20N4O5/c1-9-6-20(15(23)18-13(9)21)11-4-5-19(7-16(11,3)24)14(22)12-10(2)17-8-25-12/h6,8,11,24H,4-5,7H2,1-3H3,(H,18,21,23)/t11-,16-/m0/s1. The second-order valence-electron chi connectivity index (χ2n) is 6.63. The lowest BCUT2D eigenvalue weighted by molar-refractivity contribution is -0.0510. The number of aromatic nitrogens is 3. The summed E-state index contributed by atoms with van der Waals surface area (Å²) >= 11 is 0. The zero-order valence-corrected chi connectivity index (χ0v) is 14.3. The summed E-state index contributed by atoms with van der Waals surface area (Å²) in [4.78, 5) is 43.8. The van der Waals surface area contributed by atoms with Crippen molar-refractivity contribution in [2.45, 2.75) is 38.8 Å². The van der Waals surface area contributed by atoms with Gasteiger partial charge < -0.3 is 14.4 Å². The summed E-state index contributed by atoms with van der Waals surface area (Å²) in [7, 11) is 0. The highest BCUT2D eigenvalue weighted by Crippen LogP contribution is 2.31. The van der Waals surface area contributed by atoms with Crippen LogP contribution in [0.1, 0.15) is 41.2 Å². The number of piperidine rings is 1. The first-order valence-electron chi connectivity index (χ1n) is 7.94. The number of nitrogens with zero attached hydrogens (tertiary/aromatic N) is 3. The van der Waals surface area contributed by atoms with E-state index < -0.39 is 22.9 Å². The molecule has 134 valence electrons. The van der Waals surface area contributed by atoms with E-state index in [0.29, 0.717) is 24.2 Å². The number of hydrogen-bond acceptors (Lipinski definition) is 6. The third kappa shape index (κ3) is 3.02. The van der Waals surface area contributed by atoms with Gasteiger partial charge in [0, 0.05) is 18.3 Å². The lowest BCUT2D eigenvalue weighted by atomic mass is 9.88. The van der Waals surface area contributed by atoms with E-state index in [-0.39, 0.29) is 18.2 Å². The molecule has 2 atom stereocenters. The number of amides is 1.